The van der Waals surface area contributed by atoms with Crippen LogP contribution in [0.25, 0.3) is 0 Å². The van der Waals surface area contributed by atoms with Gasteiger partial charge in [0.15, 0.2) is 0 Å². The summed E-state index contributed by atoms with van der Waals surface area (Å²) in [5.74, 6) is 0.810. The van der Waals surface area contributed by atoms with Crippen LogP contribution < -0.4 is 23.7 Å². The second kappa shape index (κ2) is 29.2. The van der Waals surface area contributed by atoms with Gasteiger partial charge in [0.05, 0.1) is 41.3 Å². The highest BCUT2D eigenvalue weighted by molar-refractivity contribution is 5.93. The number of unbranched alkanes of at least 4 members (excludes halogenated alkanes) is 16. The third kappa shape index (κ3) is 19.2. The van der Waals surface area contributed by atoms with Gasteiger partial charge < -0.3 is 23.7 Å². The van der Waals surface area contributed by atoms with E-state index in [1.54, 1.807) is 109 Å². The average Bonchev–Trinajstić information content (AvgIpc) is 3.33. The highest BCUT2D eigenvalue weighted by Crippen LogP contribution is 2.26. The van der Waals surface area contributed by atoms with Crippen LogP contribution >= 0.6 is 0 Å². The fourth-order valence-corrected chi connectivity index (χ4v) is 7.04. The largest absolute Gasteiger partial charge is 0.494 e. The lowest BCUT2D eigenvalue weighted by molar-refractivity contribution is 0.0723. The van der Waals surface area contributed by atoms with Gasteiger partial charge in [0.1, 0.15) is 28.7 Å². The lowest BCUT2D eigenvalue weighted by atomic mass is 10.1. The van der Waals surface area contributed by atoms with E-state index in [0.29, 0.717) is 53.0 Å². The normalized spacial score (nSPS) is 11.0. The maximum absolute atomic E-state index is 13.0. The Bertz CT molecular complexity index is 2170. The van der Waals surface area contributed by atoms with Gasteiger partial charge in [0.2, 0.25) is 0 Å². The second-order valence-corrected chi connectivity index (χ2v) is 16.3. The van der Waals surface area contributed by atoms with Crippen molar-refractivity contribution in [2.75, 3.05) is 13.2 Å². The van der Waals surface area contributed by atoms with E-state index in [1.165, 1.54) is 102 Å². The molecule has 344 valence electrons. The highest BCUT2D eigenvalue weighted by Gasteiger charge is 2.13. The molecule has 0 unspecified atom stereocenters. The molecule has 5 aromatic rings. The summed E-state index contributed by atoms with van der Waals surface area (Å²) in [4.78, 5) is 38.5. The van der Waals surface area contributed by atoms with Crippen molar-refractivity contribution in [3.05, 3.63) is 138 Å². The first-order valence-corrected chi connectivity index (χ1v) is 23.7. The van der Waals surface area contributed by atoms with Gasteiger partial charge in [-0.2, -0.15) is 10.2 Å². The van der Waals surface area contributed by atoms with Gasteiger partial charge in [0, 0.05) is 6.07 Å². The van der Waals surface area contributed by atoms with Crippen molar-refractivity contribution in [1.82, 2.24) is 0 Å². The summed E-state index contributed by atoms with van der Waals surface area (Å²) in [6.45, 7) is 5.79. The molecule has 10 heteroatoms. The van der Waals surface area contributed by atoms with Gasteiger partial charge >= 0.3 is 17.9 Å². The fourth-order valence-electron chi connectivity index (χ4n) is 7.04. The average molecular weight is 883 g/mol. The molecule has 0 saturated carbocycles. The Kier molecular flexibility index (Phi) is 22.3. The SMILES string of the molecule is CCCCCCCCCCCCOc1ccc(C(=O)Oc2ccc(C(=O)Oc3cccc(N=Nc4ccc(OC(=O)c5ccc(OCCCCCCCCCC)cc5)cc4)c3)cc2)cc1. The van der Waals surface area contributed by atoms with Crippen LogP contribution in [-0.2, 0) is 0 Å². The molecule has 0 radical (unpaired) electrons. The Morgan fingerprint density at radius 3 is 1.11 bits per heavy atom. The summed E-state index contributed by atoms with van der Waals surface area (Å²) < 4.78 is 28.4. The molecule has 0 spiro atoms. The first-order chi connectivity index (χ1) is 31.9. The van der Waals surface area contributed by atoms with Gasteiger partial charge in [-0.05, 0) is 122 Å². The fraction of sp³-hybridized carbons (Fsp3) is 0.400. The number of hydrogen-bond acceptors (Lipinski definition) is 10. The van der Waals surface area contributed by atoms with E-state index in [0.717, 1.165) is 31.4 Å². The summed E-state index contributed by atoms with van der Waals surface area (Å²) in [5, 5.41) is 8.55. The number of rotatable bonds is 30. The monoisotopic (exact) mass is 882 g/mol. The maximum Gasteiger partial charge on any atom is 0.343 e. The summed E-state index contributed by atoms with van der Waals surface area (Å²) in [6.07, 6.45) is 22.6. The van der Waals surface area contributed by atoms with Crippen molar-refractivity contribution in [1.29, 1.82) is 0 Å². The van der Waals surface area contributed by atoms with E-state index in [-0.39, 0.29) is 11.3 Å². The number of carbonyl (C=O) groups is 3. The highest BCUT2D eigenvalue weighted by atomic mass is 16.5. The Balaban J connectivity index is 0.985. The molecule has 0 aliphatic rings. The van der Waals surface area contributed by atoms with E-state index in [1.807, 2.05) is 0 Å². The van der Waals surface area contributed by atoms with E-state index in [4.69, 9.17) is 23.7 Å². The van der Waals surface area contributed by atoms with E-state index < -0.39 is 17.9 Å². The van der Waals surface area contributed by atoms with Gasteiger partial charge in [-0.15, -0.1) is 0 Å². The summed E-state index contributed by atoms with van der Waals surface area (Å²) in [7, 11) is 0. The van der Waals surface area contributed by atoms with Crippen LogP contribution in [0.2, 0.25) is 0 Å². The Hall–Kier alpha value is -6.29. The van der Waals surface area contributed by atoms with Crippen LogP contribution in [0.15, 0.2) is 132 Å². The minimum Gasteiger partial charge on any atom is -0.494 e. The van der Waals surface area contributed by atoms with Crippen molar-refractivity contribution in [2.24, 2.45) is 10.2 Å². The molecule has 0 bridgehead atoms. The van der Waals surface area contributed by atoms with Gasteiger partial charge in [0.25, 0.3) is 0 Å². The van der Waals surface area contributed by atoms with Gasteiger partial charge in [-0.25, -0.2) is 14.4 Å². The molecule has 0 atom stereocenters. The molecule has 5 aromatic carbocycles. The van der Waals surface area contributed by atoms with Crippen molar-refractivity contribution < 1.29 is 38.1 Å². The summed E-state index contributed by atoms with van der Waals surface area (Å²) >= 11 is 0. The van der Waals surface area contributed by atoms with Crippen LogP contribution in [-0.4, -0.2) is 31.1 Å². The van der Waals surface area contributed by atoms with E-state index in [2.05, 4.69) is 24.1 Å². The van der Waals surface area contributed by atoms with Crippen LogP contribution in [0, 0.1) is 0 Å². The topological polar surface area (TPSA) is 122 Å². The number of benzene rings is 5. The predicted molar refractivity (Wildman–Crippen MR) is 257 cm³/mol. The van der Waals surface area contributed by atoms with E-state index >= 15 is 0 Å². The molecule has 0 N–H and O–H groups in total. The predicted octanol–water partition coefficient (Wildman–Crippen LogP) is 15.6. The zero-order valence-electron chi connectivity index (χ0n) is 38.3. The van der Waals surface area contributed by atoms with Gasteiger partial charge in [-0.1, -0.05) is 123 Å². The molecule has 5 rings (SSSR count). The first kappa shape index (κ1) is 49.7. The van der Waals surface area contributed by atoms with Crippen LogP contribution in [0.4, 0.5) is 11.4 Å². The van der Waals surface area contributed by atoms with Crippen molar-refractivity contribution in [2.45, 2.75) is 129 Å². The smallest absolute Gasteiger partial charge is 0.343 e. The van der Waals surface area contributed by atoms with Gasteiger partial charge in [-0.3, -0.25) is 0 Å². The zero-order valence-corrected chi connectivity index (χ0v) is 38.3. The zero-order chi connectivity index (χ0) is 45.7. The van der Waals surface area contributed by atoms with Crippen LogP contribution in [0.3, 0.4) is 0 Å². The molecular weight excluding hydrogens is 817 g/mol. The Morgan fingerprint density at radius 2 is 0.692 bits per heavy atom. The molecule has 0 saturated heterocycles. The number of nitrogens with zero attached hydrogens (tertiary/aromatic N) is 2. The molecule has 0 aromatic heterocycles. The van der Waals surface area contributed by atoms with Crippen LogP contribution in [0.5, 0.6) is 28.7 Å². The van der Waals surface area contributed by atoms with E-state index in [9.17, 15) is 14.4 Å². The summed E-state index contributed by atoms with van der Waals surface area (Å²) in [5.41, 5.74) is 2.09. The number of ether oxygens (including phenoxy) is 5. The number of carbonyl (C=O) groups excluding carboxylic acids is 3. The molecule has 10 nitrogen and oxygen atoms in total. The number of hydrogen-bond donors (Lipinski definition) is 0. The third-order valence-electron chi connectivity index (χ3n) is 10.9. The number of esters is 3. The second-order valence-electron chi connectivity index (χ2n) is 16.3. The Morgan fingerprint density at radius 1 is 0.354 bits per heavy atom. The number of azo groups is 1. The maximum atomic E-state index is 13.0. The van der Waals surface area contributed by atoms with Crippen LogP contribution in [0.1, 0.15) is 160 Å². The first-order valence-electron chi connectivity index (χ1n) is 23.7. The minimum atomic E-state index is -0.589. The minimum absolute atomic E-state index is 0.275. The third-order valence-corrected chi connectivity index (χ3v) is 10.9. The molecule has 65 heavy (non-hydrogen) atoms. The molecule has 0 amide bonds. The lowest BCUT2D eigenvalue weighted by Gasteiger charge is -2.08. The molecular formula is C55H66N2O8. The Labute approximate surface area is 385 Å². The van der Waals surface area contributed by atoms with Crippen molar-refractivity contribution in [3.8, 4) is 28.7 Å². The molecule has 0 aliphatic carbocycles. The van der Waals surface area contributed by atoms with Crippen molar-refractivity contribution in [3.63, 3.8) is 0 Å². The van der Waals surface area contributed by atoms with Crippen molar-refractivity contribution >= 4 is 29.3 Å². The quantitative estimate of drug-likeness (QED) is 0.0193. The molecule has 0 fully saturated rings. The lowest BCUT2D eigenvalue weighted by Crippen LogP contribution is -2.10. The standard InChI is InChI=1S/C55H66N2O8/c1-3-5-7-9-11-13-14-16-18-20-41-62-48-32-24-43(25-33-48)53(58)63-50-36-28-45(29-37-50)55(60)65-52-23-21-22-47(42-52)57-56-46-30-38-51(39-31-46)64-54(59)44-26-34-49(35-27-44)61-40-19-17-15-12-10-8-6-4-2/h21-39,42H,3-20,40-41H2,1-2H3. The molecule has 0 aliphatic heterocycles. The summed E-state index contributed by atoms with van der Waals surface area (Å²) in [6, 6.07) is 33.4. The molecule has 0 heterocycles.